The minimum atomic E-state index is -5.19. The van der Waals surface area contributed by atoms with Crippen LogP contribution in [-0.4, -0.2) is 39.0 Å². The van der Waals surface area contributed by atoms with Gasteiger partial charge in [-0.15, -0.1) is 0 Å². The Bertz CT molecular complexity index is 3940. The van der Waals surface area contributed by atoms with Gasteiger partial charge in [0.25, 0.3) is 0 Å². The molecule has 0 spiro atoms. The summed E-state index contributed by atoms with van der Waals surface area (Å²) in [6, 6.07) is 40.0. The monoisotopic (exact) mass is 935 g/mol. The fraction of sp³-hybridized carbons (Fsp3) is 0.109. The van der Waals surface area contributed by atoms with Gasteiger partial charge in [-0.2, -0.15) is 31.6 Å². The van der Waals surface area contributed by atoms with E-state index in [4.69, 9.17) is 0 Å². The lowest BCUT2D eigenvalue weighted by Gasteiger charge is -2.23. The molecule has 0 unspecified atom stereocenters. The van der Waals surface area contributed by atoms with Gasteiger partial charge in [0.15, 0.2) is 11.6 Å². The summed E-state index contributed by atoms with van der Waals surface area (Å²) in [6.45, 7) is 7.12. The Hall–Kier alpha value is -8.77. The number of aromatic nitrogens is 8. The Morgan fingerprint density at radius 2 is 0.914 bits per heavy atom. The fourth-order valence-corrected chi connectivity index (χ4v) is 9.69. The number of hydrogen-bond acceptors (Lipinski definition) is 7. The predicted molar refractivity (Wildman–Crippen MR) is 257 cm³/mol. The number of rotatable bonds is 6. The zero-order valence-electron chi connectivity index (χ0n) is 37.6. The first-order valence-electron chi connectivity index (χ1n) is 22.0. The van der Waals surface area contributed by atoms with Crippen LogP contribution in [0.1, 0.15) is 40.0 Å². The molecule has 9 nitrogen and oxygen atoms in total. The van der Waals surface area contributed by atoms with Crippen LogP contribution in [0.15, 0.2) is 140 Å². The molecule has 0 atom stereocenters. The third-order valence-corrected chi connectivity index (χ3v) is 12.4. The zero-order valence-corrected chi connectivity index (χ0v) is 37.6. The Morgan fingerprint density at radius 3 is 1.43 bits per heavy atom. The van der Waals surface area contributed by atoms with Crippen LogP contribution in [0.4, 0.5) is 26.3 Å². The highest BCUT2D eigenvalue weighted by atomic mass is 19.4. The van der Waals surface area contributed by atoms with E-state index in [2.05, 4.69) is 36.0 Å². The number of nitrogens with zero attached hydrogens (tertiary/aromatic N) is 9. The molecular formula is C55H35F6N9. The van der Waals surface area contributed by atoms with E-state index in [-0.39, 0.29) is 22.3 Å². The quantitative estimate of drug-likeness (QED) is 0.153. The number of nitriles is 1. The Kier molecular flexibility index (Phi) is 10.1. The van der Waals surface area contributed by atoms with Gasteiger partial charge in [-0.25, -0.2) is 29.9 Å². The summed E-state index contributed by atoms with van der Waals surface area (Å²) >= 11 is 0. The maximum absolute atomic E-state index is 15.2. The van der Waals surface area contributed by atoms with Gasteiger partial charge in [-0.05, 0) is 130 Å². The highest BCUT2D eigenvalue weighted by Crippen LogP contribution is 2.49. The number of benzene rings is 7. The fourth-order valence-electron chi connectivity index (χ4n) is 9.69. The molecule has 0 bridgehead atoms. The van der Waals surface area contributed by atoms with Crippen LogP contribution in [0, 0.1) is 39.0 Å². The number of para-hydroxylation sites is 2. The highest BCUT2D eigenvalue weighted by molar-refractivity contribution is 6.12. The van der Waals surface area contributed by atoms with E-state index in [9.17, 15) is 5.26 Å². The first-order chi connectivity index (χ1) is 33.5. The SMILES string of the molecule is Cc1nc(C)nc(-c2ccc3c(c2)c2ccccc2n3-c2ccc(-c3c(C(F)(F)F)cccc3C(F)(F)F)c(-c3cc(C#N)ccc3-n3c4ccccc4c4cc(-c5nc(C)nc(C)n5)ccc43)c2)n1. The number of halogens is 6. The molecule has 15 heteroatoms. The van der Waals surface area contributed by atoms with Gasteiger partial charge >= 0.3 is 12.4 Å². The summed E-state index contributed by atoms with van der Waals surface area (Å²) < 4.78 is 95.1. The number of fused-ring (bicyclic) bond motifs is 6. The van der Waals surface area contributed by atoms with Crippen LogP contribution in [0.25, 0.3) is 100 Å². The highest BCUT2D eigenvalue weighted by Gasteiger charge is 2.42. The molecule has 0 N–H and O–H groups in total. The summed E-state index contributed by atoms with van der Waals surface area (Å²) in [5, 5.41) is 13.6. The molecule has 0 aliphatic rings. The van der Waals surface area contributed by atoms with Crippen LogP contribution in [0.2, 0.25) is 0 Å². The van der Waals surface area contributed by atoms with E-state index in [1.54, 1.807) is 45.9 Å². The van der Waals surface area contributed by atoms with E-state index < -0.39 is 29.0 Å². The molecule has 4 heterocycles. The molecule has 0 aliphatic carbocycles. The standard InChI is InChI=1S/C55H35F6N9/c1-29-63-30(2)66-52(65-29)34-17-22-48-42(25-34)37-10-5-7-14-46(37)69(48)36-19-20-39(51-44(54(56,57)58)12-9-13-45(51)55(59,60)61)40(27-36)41-24-33(28-62)16-21-49(41)70-47-15-8-6-11-38(47)43-26-35(18-23-50(43)70)53-67-31(3)64-32(4)68-53/h5-27H,1-4H3. The maximum Gasteiger partial charge on any atom is 0.417 e. The van der Waals surface area contributed by atoms with Crippen molar-refractivity contribution < 1.29 is 26.3 Å². The van der Waals surface area contributed by atoms with Gasteiger partial charge < -0.3 is 9.13 Å². The van der Waals surface area contributed by atoms with Crippen molar-refractivity contribution in [2.45, 2.75) is 40.0 Å². The van der Waals surface area contributed by atoms with E-state index in [0.29, 0.717) is 80.6 Å². The molecule has 11 rings (SSSR count). The average Bonchev–Trinajstić information content (AvgIpc) is 3.84. The lowest BCUT2D eigenvalue weighted by molar-refractivity contribution is -0.142. The number of alkyl halides is 6. The first kappa shape index (κ1) is 43.8. The average molecular weight is 936 g/mol. The third-order valence-electron chi connectivity index (χ3n) is 12.4. The Morgan fingerprint density at radius 1 is 0.429 bits per heavy atom. The van der Waals surface area contributed by atoms with E-state index in [1.165, 1.54) is 18.2 Å². The number of hydrogen-bond donors (Lipinski definition) is 0. The molecule has 0 aliphatic heterocycles. The van der Waals surface area contributed by atoms with Gasteiger partial charge in [0.1, 0.15) is 23.3 Å². The summed E-state index contributed by atoms with van der Waals surface area (Å²) in [5.41, 5.74) is 1.09. The molecule has 0 amide bonds. The van der Waals surface area contributed by atoms with Crippen molar-refractivity contribution in [3.8, 4) is 62.5 Å². The molecule has 0 radical (unpaired) electrons. The summed E-state index contributed by atoms with van der Waals surface area (Å²) in [5.74, 6) is 3.12. The van der Waals surface area contributed by atoms with Crippen LogP contribution < -0.4 is 0 Å². The zero-order chi connectivity index (χ0) is 48.8. The van der Waals surface area contributed by atoms with Crippen molar-refractivity contribution in [3.05, 3.63) is 180 Å². The Balaban J connectivity index is 1.23. The van der Waals surface area contributed by atoms with Gasteiger partial charge in [-0.3, -0.25) is 0 Å². The molecule has 70 heavy (non-hydrogen) atoms. The van der Waals surface area contributed by atoms with E-state index in [0.717, 1.165) is 38.7 Å². The molecule has 7 aromatic carbocycles. The topological polar surface area (TPSA) is 111 Å². The molecule has 0 saturated heterocycles. The van der Waals surface area contributed by atoms with Crippen LogP contribution in [0.3, 0.4) is 0 Å². The second-order valence-corrected chi connectivity index (χ2v) is 17.0. The predicted octanol–water partition coefficient (Wildman–Crippen LogP) is 14.1. The van der Waals surface area contributed by atoms with Gasteiger partial charge in [0, 0.05) is 49.5 Å². The normalized spacial score (nSPS) is 12.1. The van der Waals surface area contributed by atoms with Gasteiger partial charge in [0.05, 0.1) is 50.5 Å². The number of aryl methyl sites for hydroxylation is 4. The van der Waals surface area contributed by atoms with Crippen molar-refractivity contribution in [2.24, 2.45) is 0 Å². The maximum atomic E-state index is 15.2. The van der Waals surface area contributed by atoms with Crippen molar-refractivity contribution in [3.63, 3.8) is 0 Å². The van der Waals surface area contributed by atoms with Crippen molar-refractivity contribution in [1.82, 2.24) is 39.0 Å². The van der Waals surface area contributed by atoms with Crippen LogP contribution in [-0.2, 0) is 12.4 Å². The minimum Gasteiger partial charge on any atom is -0.309 e. The third kappa shape index (κ3) is 7.36. The molecular weight excluding hydrogens is 901 g/mol. The molecule has 11 aromatic rings. The van der Waals surface area contributed by atoms with Crippen LogP contribution in [0.5, 0.6) is 0 Å². The molecule has 0 fully saturated rings. The summed E-state index contributed by atoms with van der Waals surface area (Å²) in [4.78, 5) is 26.9. The largest absolute Gasteiger partial charge is 0.417 e. The van der Waals surface area contributed by atoms with Crippen molar-refractivity contribution in [2.75, 3.05) is 0 Å². The lowest BCUT2D eigenvalue weighted by Crippen LogP contribution is -2.14. The molecule has 0 saturated carbocycles. The molecule has 4 aromatic heterocycles. The summed E-state index contributed by atoms with van der Waals surface area (Å²) in [6.07, 6.45) is -10.4. The first-order valence-corrected chi connectivity index (χ1v) is 22.0. The lowest BCUT2D eigenvalue weighted by atomic mass is 9.86. The van der Waals surface area contributed by atoms with Gasteiger partial charge in [-0.1, -0.05) is 48.5 Å². The Labute approximate surface area is 395 Å². The van der Waals surface area contributed by atoms with E-state index >= 15 is 26.3 Å². The van der Waals surface area contributed by atoms with E-state index in [1.807, 2.05) is 94.1 Å². The second-order valence-electron chi connectivity index (χ2n) is 17.0. The second kappa shape index (κ2) is 16.2. The smallest absolute Gasteiger partial charge is 0.309 e. The minimum absolute atomic E-state index is 0.0178. The van der Waals surface area contributed by atoms with Crippen molar-refractivity contribution >= 4 is 43.6 Å². The van der Waals surface area contributed by atoms with Gasteiger partial charge in [0.2, 0.25) is 0 Å². The van der Waals surface area contributed by atoms with Crippen LogP contribution >= 0.6 is 0 Å². The molecule has 342 valence electrons. The van der Waals surface area contributed by atoms with Crippen molar-refractivity contribution in [1.29, 1.82) is 5.26 Å². The summed E-state index contributed by atoms with van der Waals surface area (Å²) in [7, 11) is 0.